The zero-order chi connectivity index (χ0) is 20.0. The first-order valence-corrected chi connectivity index (χ1v) is 12.8. The molecule has 0 aliphatic heterocycles. The second-order valence-electron chi connectivity index (χ2n) is 7.06. The molecular weight excluding hydrogens is 348 g/mol. The molecule has 3 heteroatoms. The van der Waals surface area contributed by atoms with Gasteiger partial charge in [-0.3, -0.25) is 4.79 Å². The first-order valence-electron chi connectivity index (χ1n) is 9.32. The Labute approximate surface area is 165 Å². The number of ketones is 1. The van der Waals surface area contributed by atoms with Crippen molar-refractivity contribution in [1.82, 2.24) is 0 Å². The molecule has 2 nitrogen and oxygen atoms in total. The summed E-state index contributed by atoms with van der Waals surface area (Å²) in [5.74, 6) is 13.9. The Morgan fingerprint density at radius 2 is 1.93 bits per heavy atom. The minimum atomic E-state index is -1.59. The Hall–Kier alpha value is -2.51. The molecule has 0 aromatic heterocycles. The second-order valence-corrected chi connectivity index (χ2v) is 11.8. The van der Waals surface area contributed by atoms with E-state index in [2.05, 4.69) is 67.8 Å². The SMILES string of the molecule is CCCC/C=C/COCC#CC#Cc1ccccc1C(=O)C#C[Si](C)(C)C. The summed E-state index contributed by atoms with van der Waals surface area (Å²) in [6, 6.07) is 7.25. The zero-order valence-corrected chi connectivity index (χ0v) is 17.8. The van der Waals surface area contributed by atoms with Gasteiger partial charge in [-0.05, 0) is 36.3 Å². The van der Waals surface area contributed by atoms with Gasteiger partial charge in [0.2, 0.25) is 5.78 Å². The quantitative estimate of drug-likeness (QED) is 0.223. The molecule has 0 amide bonds. The number of hydrogen-bond acceptors (Lipinski definition) is 2. The van der Waals surface area contributed by atoms with E-state index in [0.29, 0.717) is 24.3 Å². The molecule has 0 spiro atoms. The van der Waals surface area contributed by atoms with E-state index in [1.165, 1.54) is 12.8 Å². The second kappa shape index (κ2) is 12.8. The van der Waals surface area contributed by atoms with Crippen molar-refractivity contribution in [1.29, 1.82) is 0 Å². The van der Waals surface area contributed by atoms with E-state index in [0.717, 1.165) is 6.42 Å². The lowest BCUT2D eigenvalue weighted by molar-refractivity contribution is 0.105. The average molecular weight is 377 g/mol. The fourth-order valence-electron chi connectivity index (χ4n) is 1.97. The highest BCUT2D eigenvalue weighted by molar-refractivity contribution is 6.84. The van der Waals surface area contributed by atoms with Crippen LogP contribution in [0.2, 0.25) is 19.6 Å². The third-order valence-electron chi connectivity index (χ3n) is 3.35. The lowest BCUT2D eigenvalue weighted by Gasteiger charge is -2.03. The first-order chi connectivity index (χ1) is 12.9. The lowest BCUT2D eigenvalue weighted by atomic mass is 10.0. The molecule has 0 aliphatic carbocycles. The summed E-state index contributed by atoms with van der Waals surface area (Å²) < 4.78 is 5.40. The van der Waals surface area contributed by atoms with Crippen LogP contribution >= 0.6 is 0 Å². The van der Waals surface area contributed by atoms with Crippen LogP contribution in [0.5, 0.6) is 0 Å². The zero-order valence-electron chi connectivity index (χ0n) is 16.8. The topological polar surface area (TPSA) is 26.3 Å². The van der Waals surface area contributed by atoms with Crippen LogP contribution in [0.3, 0.4) is 0 Å². The molecule has 0 bridgehead atoms. The van der Waals surface area contributed by atoms with Crippen LogP contribution in [0, 0.1) is 35.1 Å². The molecule has 0 N–H and O–H groups in total. The molecular formula is C24H28O2Si. The van der Waals surface area contributed by atoms with Gasteiger partial charge in [0.25, 0.3) is 0 Å². The van der Waals surface area contributed by atoms with Gasteiger partial charge >= 0.3 is 0 Å². The number of ether oxygens (including phenoxy) is 1. The van der Waals surface area contributed by atoms with Gasteiger partial charge in [-0.2, -0.15) is 0 Å². The number of benzene rings is 1. The Bertz CT molecular complexity index is 825. The Balaban J connectivity index is 2.61. The fraction of sp³-hybridized carbons (Fsp3) is 0.375. The maximum atomic E-state index is 12.3. The first kappa shape index (κ1) is 22.5. The van der Waals surface area contributed by atoms with Gasteiger partial charge in [0.05, 0.1) is 6.61 Å². The van der Waals surface area contributed by atoms with Gasteiger partial charge < -0.3 is 4.74 Å². The van der Waals surface area contributed by atoms with Crippen molar-refractivity contribution in [3.8, 4) is 35.1 Å². The molecule has 0 saturated carbocycles. The Morgan fingerprint density at radius 3 is 2.67 bits per heavy atom. The highest BCUT2D eigenvalue weighted by Crippen LogP contribution is 2.08. The fourth-order valence-corrected chi connectivity index (χ4v) is 2.45. The standard InChI is InChI=1S/C24H28O2Si/c1-5-6-7-8-13-19-26-20-14-9-10-15-22-16-11-12-17-23(22)24(25)18-21-27(2,3)4/h8,11-13,16-17H,5-7,19-20H2,1-4H3/b13-8+. The normalized spacial score (nSPS) is 10.2. The van der Waals surface area contributed by atoms with E-state index in [4.69, 9.17) is 4.74 Å². The van der Waals surface area contributed by atoms with Gasteiger partial charge in [0.1, 0.15) is 14.7 Å². The molecule has 0 saturated heterocycles. The van der Waals surface area contributed by atoms with Gasteiger partial charge in [-0.25, -0.2) is 0 Å². The summed E-state index contributed by atoms with van der Waals surface area (Å²) in [6.07, 6.45) is 7.66. The summed E-state index contributed by atoms with van der Waals surface area (Å²) in [5, 5.41) is 0. The van der Waals surface area contributed by atoms with Gasteiger partial charge in [-0.15, -0.1) is 5.54 Å². The summed E-state index contributed by atoms with van der Waals surface area (Å²) >= 11 is 0. The molecule has 140 valence electrons. The number of carbonyl (C=O) groups excluding carboxylic acids is 1. The summed E-state index contributed by atoms with van der Waals surface area (Å²) in [5.41, 5.74) is 4.29. The van der Waals surface area contributed by atoms with E-state index in [1.807, 2.05) is 24.3 Å². The number of carbonyl (C=O) groups is 1. The molecule has 0 fully saturated rings. The van der Waals surface area contributed by atoms with E-state index in [1.54, 1.807) is 6.07 Å². The average Bonchev–Trinajstić information content (AvgIpc) is 2.64. The third kappa shape index (κ3) is 10.9. The van der Waals surface area contributed by atoms with Crippen molar-refractivity contribution in [2.75, 3.05) is 13.2 Å². The Kier molecular flexibility index (Phi) is 10.7. The molecule has 1 aromatic rings. The molecule has 0 aliphatic rings. The molecule has 1 aromatic carbocycles. The van der Waals surface area contributed by atoms with Crippen molar-refractivity contribution in [2.45, 2.75) is 45.8 Å². The minimum absolute atomic E-state index is 0.187. The largest absolute Gasteiger partial charge is 0.365 e. The van der Waals surface area contributed by atoms with Crippen molar-refractivity contribution in [3.63, 3.8) is 0 Å². The van der Waals surface area contributed by atoms with E-state index in [9.17, 15) is 4.79 Å². The van der Waals surface area contributed by atoms with Crippen molar-refractivity contribution in [2.24, 2.45) is 0 Å². The van der Waals surface area contributed by atoms with E-state index >= 15 is 0 Å². The van der Waals surface area contributed by atoms with E-state index < -0.39 is 8.07 Å². The van der Waals surface area contributed by atoms with Crippen molar-refractivity contribution >= 4 is 13.9 Å². The predicted octanol–water partition coefficient (Wildman–Crippen LogP) is 4.87. The number of Topliss-reactive ketones (excluding diaryl/α,β-unsaturated/α-hetero) is 1. The number of allylic oxidation sites excluding steroid dienone is 1. The molecule has 0 unspecified atom stereocenters. The van der Waals surface area contributed by atoms with Gasteiger partial charge in [0.15, 0.2) is 0 Å². The van der Waals surface area contributed by atoms with Crippen molar-refractivity contribution < 1.29 is 9.53 Å². The van der Waals surface area contributed by atoms with Crippen LogP contribution in [0.1, 0.15) is 42.1 Å². The van der Waals surface area contributed by atoms with Crippen LogP contribution in [-0.2, 0) is 4.74 Å². The summed E-state index contributed by atoms with van der Waals surface area (Å²) in [4.78, 5) is 12.3. The van der Waals surface area contributed by atoms with Crippen LogP contribution in [-0.4, -0.2) is 27.1 Å². The Morgan fingerprint density at radius 1 is 1.15 bits per heavy atom. The molecule has 1 rings (SSSR count). The minimum Gasteiger partial charge on any atom is -0.365 e. The number of rotatable bonds is 7. The summed E-state index contributed by atoms with van der Waals surface area (Å²) in [7, 11) is -1.59. The molecule has 27 heavy (non-hydrogen) atoms. The molecule has 0 heterocycles. The number of hydrogen-bond donors (Lipinski definition) is 0. The molecule has 0 atom stereocenters. The summed E-state index contributed by atoms with van der Waals surface area (Å²) in [6.45, 7) is 9.41. The van der Waals surface area contributed by atoms with Crippen LogP contribution in [0.25, 0.3) is 0 Å². The van der Waals surface area contributed by atoms with Crippen LogP contribution < -0.4 is 0 Å². The van der Waals surface area contributed by atoms with Gasteiger partial charge in [0, 0.05) is 11.1 Å². The predicted molar refractivity (Wildman–Crippen MR) is 116 cm³/mol. The third-order valence-corrected chi connectivity index (χ3v) is 4.23. The number of unbranched alkanes of at least 4 members (excludes halogenated alkanes) is 2. The monoisotopic (exact) mass is 376 g/mol. The lowest BCUT2D eigenvalue weighted by Crippen LogP contribution is -2.17. The maximum absolute atomic E-state index is 12.3. The van der Waals surface area contributed by atoms with Gasteiger partial charge in [-0.1, -0.05) is 75.5 Å². The smallest absolute Gasteiger partial charge is 0.236 e. The van der Waals surface area contributed by atoms with Crippen LogP contribution in [0.15, 0.2) is 36.4 Å². The molecule has 0 radical (unpaired) electrons. The highest BCUT2D eigenvalue weighted by atomic mass is 28.3. The van der Waals surface area contributed by atoms with E-state index in [-0.39, 0.29) is 5.78 Å². The maximum Gasteiger partial charge on any atom is 0.236 e. The van der Waals surface area contributed by atoms with Crippen molar-refractivity contribution in [3.05, 3.63) is 47.5 Å². The van der Waals surface area contributed by atoms with Crippen LogP contribution in [0.4, 0.5) is 0 Å². The highest BCUT2D eigenvalue weighted by Gasteiger charge is 2.11.